The van der Waals surface area contributed by atoms with Crippen molar-refractivity contribution in [2.24, 2.45) is 0 Å². The SMILES string of the molecule is CCCc1ccc(C(=O)N2CCCC(N(C)CC(=O)O)CC2)cc1. The van der Waals surface area contributed by atoms with Crippen LogP contribution in [0.4, 0.5) is 0 Å². The quantitative estimate of drug-likeness (QED) is 0.870. The summed E-state index contributed by atoms with van der Waals surface area (Å²) in [6.07, 6.45) is 4.81. The molecule has 5 heteroatoms. The number of carbonyl (C=O) groups excluding carboxylic acids is 1. The van der Waals surface area contributed by atoms with Crippen LogP contribution in [0.15, 0.2) is 24.3 Å². The van der Waals surface area contributed by atoms with Crippen molar-refractivity contribution in [3.05, 3.63) is 35.4 Å². The van der Waals surface area contributed by atoms with Gasteiger partial charge in [0.2, 0.25) is 0 Å². The van der Waals surface area contributed by atoms with Gasteiger partial charge in [0.15, 0.2) is 0 Å². The molecule has 1 aliphatic rings. The van der Waals surface area contributed by atoms with Crippen molar-refractivity contribution in [1.29, 1.82) is 0 Å². The molecule has 1 N–H and O–H groups in total. The lowest BCUT2D eigenvalue weighted by atomic mass is 10.1. The third-order valence-corrected chi connectivity index (χ3v) is 4.73. The van der Waals surface area contributed by atoms with Gasteiger partial charge >= 0.3 is 5.97 Å². The third kappa shape index (κ3) is 5.06. The highest BCUT2D eigenvalue weighted by atomic mass is 16.4. The van der Waals surface area contributed by atoms with Gasteiger partial charge in [0.1, 0.15) is 0 Å². The summed E-state index contributed by atoms with van der Waals surface area (Å²) in [5.74, 6) is -0.721. The first-order chi connectivity index (χ1) is 11.5. The number of carboxylic acid groups (broad SMARTS) is 1. The number of likely N-dealkylation sites (N-methyl/N-ethyl adjacent to an activating group) is 1. The topological polar surface area (TPSA) is 60.9 Å². The zero-order valence-electron chi connectivity index (χ0n) is 14.7. The number of hydrogen-bond acceptors (Lipinski definition) is 3. The number of aliphatic carboxylic acids is 1. The Labute approximate surface area is 144 Å². The number of benzene rings is 1. The van der Waals surface area contributed by atoms with Gasteiger partial charge in [-0.05, 0) is 50.4 Å². The number of carbonyl (C=O) groups is 2. The van der Waals surface area contributed by atoms with Crippen LogP contribution in [0.3, 0.4) is 0 Å². The highest BCUT2D eigenvalue weighted by Gasteiger charge is 2.24. The molecule has 0 spiro atoms. The normalized spacial score (nSPS) is 18.5. The van der Waals surface area contributed by atoms with Gasteiger partial charge in [0.25, 0.3) is 5.91 Å². The molecule has 1 amide bonds. The lowest BCUT2D eigenvalue weighted by Crippen LogP contribution is -2.37. The second-order valence-electron chi connectivity index (χ2n) is 6.63. The van der Waals surface area contributed by atoms with E-state index in [1.165, 1.54) is 5.56 Å². The molecule has 1 aromatic carbocycles. The molecule has 24 heavy (non-hydrogen) atoms. The van der Waals surface area contributed by atoms with Crippen LogP contribution in [0, 0.1) is 0 Å². The number of rotatable bonds is 6. The van der Waals surface area contributed by atoms with Crippen LogP contribution >= 0.6 is 0 Å². The fraction of sp³-hybridized carbons (Fsp3) is 0.579. The molecule has 0 aliphatic carbocycles. The summed E-state index contributed by atoms with van der Waals surface area (Å²) in [7, 11) is 1.85. The van der Waals surface area contributed by atoms with E-state index >= 15 is 0 Å². The molecule has 1 aliphatic heterocycles. The van der Waals surface area contributed by atoms with Crippen LogP contribution in [0.2, 0.25) is 0 Å². The smallest absolute Gasteiger partial charge is 0.317 e. The molecular weight excluding hydrogens is 304 g/mol. The van der Waals surface area contributed by atoms with Crippen LogP contribution in [-0.4, -0.2) is 59.5 Å². The Morgan fingerprint density at radius 3 is 2.54 bits per heavy atom. The number of carboxylic acids is 1. The average Bonchev–Trinajstić information content (AvgIpc) is 2.81. The molecule has 0 bridgehead atoms. The van der Waals surface area contributed by atoms with Gasteiger partial charge in [0.05, 0.1) is 6.54 Å². The first kappa shape index (κ1) is 18.5. The van der Waals surface area contributed by atoms with Gasteiger partial charge in [-0.2, -0.15) is 0 Å². The van der Waals surface area contributed by atoms with E-state index in [0.29, 0.717) is 6.54 Å². The van der Waals surface area contributed by atoms with Gasteiger partial charge in [-0.3, -0.25) is 14.5 Å². The minimum atomic E-state index is -0.804. The molecule has 0 radical (unpaired) electrons. The number of amides is 1. The van der Waals surface area contributed by atoms with E-state index in [-0.39, 0.29) is 18.5 Å². The van der Waals surface area contributed by atoms with Gasteiger partial charge < -0.3 is 10.0 Å². The molecule has 2 rings (SSSR count). The van der Waals surface area contributed by atoms with E-state index in [2.05, 4.69) is 6.92 Å². The van der Waals surface area contributed by atoms with E-state index in [9.17, 15) is 9.59 Å². The van der Waals surface area contributed by atoms with Crippen molar-refractivity contribution in [3.63, 3.8) is 0 Å². The molecule has 0 saturated carbocycles. The van der Waals surface area contributed by atoms with Crippen molar-refractivity contribution in [1.82, 2.24) is 9.80 Å². The Hall–Kier alpha value is -1.88. The molecule has 132 valence electrons. The maximum atomic E-state index is 12.7. The monoisotopic (exact) mass is 332 g/mol. The first-order valence-corrected chi connectivity index (χ1v) is 8.81. The first-order valence-electron chi connectivity index (χ1n) is 8.81. The highest BCUT2D eigenvalue weighted by molar-refractivity contribution is 5.94. The van der Waals surface area contributed by atoms with E-state index < -0.39 is 5.97 Å². The summed E-state index contributed by atoms with van der Waals surface area (Å²) in [6.45, 7) is 3.63. The Kier molecular flexibility index (Phi) is 6.79. The zero-order chi connectivity index (χ0) is 17.5. The van der Waals surface area contributed by atoms with E-state index in [0.717, 1.165) is 44.2 Å². The van der Waals surface area contributed by atoms with Crippen molar-refractivity contribution in [2.75, 3.05) is 26.7 Å². The third-order valence-electron chi connectivity index (χ3n) is 4.73. The summed E-state index contributed by atoms with van der Waals surface area (Å²) in [6, 6.07) is 8.15. The van der Waals surface area contributed by atoms with Crippen molar-refractivity contribution in [3.8, 4) is 0 Å². The molecule has 1 saturated heterocycles. The summed E-state index contributed by atoms with van der Waals surface area (Å²) in [4.78, 5) is 27.3. The lowest BCUT2D eigenvalue weighted by molar-refractivity contribution is -0.138. The Balaban J connectivity index is 1.95. The van der Waals surface area contributed by atoms with E-state index in [1.807, 2.05) is 41.1 Å². The molecule has 5 nitrogen and oxygen atoms in total. The summed E-state index contributed by atoms with van der Waals surface area (Å²) in [5, 5.41) is 8.93. The fourth-order valence-electron chi connectivity index (χ4n) is 3.35. The fourth-order valence-corrected chi connectivity index (χ4v) is 3.35. The molecule has 1 unspecified atom stereocenters. The van der Waals surface area contributed by atoms with Crippen LogP contribution in [0.25, 0.3) is 0 Å². The van der Waals surface area contributed by atoms with Gasteiger partial charge in [0, 0.05) is 24.7 Å². The molecule has 1 atom stereocenters. The second kappa shape index (κ2) is 8.83. The van der Waals surface area contributed by atoms with Crippen molar-refractivity contribution >= 4 is 11.9 Å². The molecule has 0 aromatic heterocycles. The Morgan fingerprint density at radius 1 is 1.21 bits per heavy atom. The second-order valence-corrected chi connectivity index (χ2v) is 6.63. The van der Waals surface area contributed by atoms with Crippen LogP contribution in [-0.2, 0) is 11.2 Å². The van der Waals surface area contributed by atoms with Crippen LogP contribution < -0.4 is 0 Å². The highest BCUT2D eigenvalue weighted by Crippen LogP contribution is 2.18. The average molecular weight is 332 g/mol. The summed E-state index contributed by atoms with van der Waals surface area (Å²) < 4.78 is 0. The predicted molar refractivity (Wildman–Crippen MR) is 94.2 cm³/mol. The predicted octanol–water partition coefficient (Wildman–Crippen LogP) is 2.65. The summed E-state index contributed by atoms with van der Waals surface area (Å²) >= 11 is 0. The van der Waals surface area contributed by atoms with Gasteiger partial charge in [-0.15, -0.1) is 0 Å². The number of nitrogens with zero attached hydrogens (tertiary/aromatic N) is 2. The van der Waals surface area contributed by atoms with E-state index in [4.69, 9.17) is 5.11 Å². The van der Waals surface area contributed by atoms with Crippen LogP contribution in [0.1, 0.15) is 48.5 Å². The molecule has 1 fully saturated rings. The number of hydrogen-bond donors (Lipinski definition) is 1. The maximum absolute atomic E-state index is 12.7. The summed E-state index contributed by atoms with van der Waals surface area (Å²) in [5.41, 5.74) is 2.01. The largest absolute Gasteiger partial charge is 0.480 e. The standard InChI is InChI=1S/C19H28N2O3/c1-3-5-15-7-9-16(10-8-15)19(24)21-12-4-6-17(11-13-21)20(2)14-18(22)23/h7-10,17H,3-6,11-14H2,1-2H3,(H,22,23). The van der Waals surface area contributed by atoms with E-state index in [1.54, 1.807) is 0 Å². The Bertz CT molecular complexity index is 556. The zero-order valence-corrected chi connectivity index (χ0v) is 14.7. The van der Waals surface area contributed by atoms with Crippen molar-refractivity contribution < 1.29 is 14.7 Å². The molecular formula is C19H28N2O3. The number of aryl methyl sites for hydroxylation is 1. The minimum Gasteiger partial charge on any atom is -0.480 e. The van der Waals surface area contributed by atoms with Gasteiger partial charge in [-0.1, -0.05) is 25.5 Å². The lowest BCUT2D eigenvalue weighted by Gasteiger charge is -2.25. The van der Waals surface area contributed by atoms with Gasteiger partial charge in [-0.25, -0.2) is 0 Å². The molecule has 1 aromatic rings. The number of likely N-dealkylation sites (tertiary alicyclic amines) is 1. The maximum Gasteiger partial charge on any atom is 0.317 e. The van der Waals surface area contributed by atoms with Crippen molar-refractivity contribution in [2.45, 2.75) is 45.1 Å². The Morgan fingerprint density at radius 2 is 1.92 bits per heavy atom. The minimum absolute atomic E-state index is 0.0531. The van der Waals surface area contributed by atoms with Crippen LogP contribution in [0.5, 0.6) is 0 Å². The molecule has 1 heterocycles.